The summed E-state index contributed by atoms with van der Waals surface area (Å²) < 4.78 is 42.9. The molecule has 1 aliphatic rings. The third-order valence-electron chi connectivity index (χ3n) is 3.50. The molecule has 2 atom stereocenters. The van der Waals surface area contributed by atoms with Crippen molar-refractivity contribution in [1.29, 1.82) is 0 Å². The fourth-order valence-corrected chi connectivity index (χ4v) is 4.10. The number of esters is 2. The highest BCUT2D eigenvalue weighted by Crippen LogP contribution is 2.27. The number of carbonyl (C=O) groups is 2. The molecular weight excluding hydrogens is 362 g/mol. The molecule has 0 amide bonds. The Morgan fingerprint density at radius 2 is 1.96 bits per heavy atom. The molecule has 2 unspecified atom stereocenters. The second-order valence-corrected chi connectivity index (χ2v) is 8.75. The van der Waals surface area contributed by atoms with Crippen molar-refractivity contribution in [3.05, 3.63) is 23.8 Å². The number of benzene rings is 1. The lowest BCUT2D eigenvalue weighted by Crippen LogP contribution is -2.40. The van der Waals surface area contributed by atoms with E-state index in [-0.39, 0.29) is 28.7 Å². The normalized spacial score (nSPS) is 20.6. The molecule has 1 N–H and O–H groups in total. The van der Waals surface area contributed by atoms with Crippen molar-refractivity contribution < 1.29 is 32.2 Å². The maximum absolute atomic E-state index is 12.6. The van der Waals surface area contributed by atoms with Crippen molar-refractivity contribution >= 4 is 22.0 Å². The average Bonchev–Trinajstić information content (AvgIpc) is 2.81. The van der Waals surface area contributed by atoms with E-state index in [1.54, 1.807) is 27.7 Å². The summed E-state index contributed by atoms with van der Waals surface area (Å²) in [6, 6.07) is 3.91. The van der Waals surface area contributed by atoms with Gasteiger partial charge in [-0.05, 0) is 45.9 Å². The maximum Gasteiger partial charge on any atom is 0.347 e. The Kier molecular flexibility index (Phi) is 5.62. The van der Waals surface area contributed by atoms with Gasteiger partial charge in [-0.1, -0.05) is 0 Å². The number of sulfonamides is 1. The summed E-state index contributed by atoms with van der Waals surface area (Å²) >= 11 is 0. The van der Waals surface area contributed by atoms with Gasteiger partial charge < -0.3 is 14.2 Å². The summed E-state index contributed by atoms with van der Waals surface area (Å²) in [5, 5.41) is 0. The largest absolute Gasteiger partial charge is 0.495 e. The summed E-state index contributed by atoms with van der Waals surface area (Å²) in [4.78, 5) is 23.8. The molecule has 0 radical (unpaired) electrons. The summed E-state index contributed by atoms with van der Waals surface area (Å²) in [6.07, 6.45) is -1.06. The predicted octanol–water partition coefficient (Wildman–Crippen LogP) is 1.63. The molecule has 0 spiro atoms. The Morgan fingerprint density at radius 1 is 1.31 bits per heavy atom. The first-order valence-electron chi connectivity index (χ1n) is 8.06. The van der Waals surface area contributed by atoms with Gasteiger partial charge in [0.15, 0.2) is 0 Å². The lowest BCUT2D eigenvalue weighted by atomic mass is 10.1. The van der Waals surface area contributed by atoms with E-state index in [9.17, 15) is 18.0 Å². The van der Waals surface area contributed by atoms with E-state index in [2.05, 4.69) is 4.72 Å². The minimum atomic E-state index is -3.94. The van der Waals surface area contributed by atoms with Gasteiger partial charge in [0, 0.05) is 12.0 Å². The van der Waals surface area contributed by atoms with Crippen LogP contribution in [0.25, 0.3) is 0 Å². The first kappa shape index (κ1) is 20.2. The number of hydrogen-bond donors (Lipinski definition) is 1. The number of ether oxygens (including phenoxy) is 3. The molecule has 0 bridgehead atoms. The highest BCUT2D eigenvalue weighted by Gasteiger charge is 2.35. The number of methoxy groups -OCH3 is 1. The van der Waals surface area contributed by atoms with Crippen LogP contribution in [0.15, 0.2) is 23.1 Å². The number of rotatable bonds is 5. The first-order chi connectivity index (χ1) is 11.9. The molecule has 26 heavy (non-hydrogen) atoms. The summed E-state index contributed by atoms with van der Waals surface area (Å²) in [7, 11) is -2.61. The van der Waals surface area contributed by atoms with Crippen LogP contribution in [0.1, 0.15) is 44.5 Å². The number of cyclic esters (lactones) is 1. The fourth-order valence-electron chi connectivity index (χ4n) is 2.49. The van der Waals surface area contributed by atoms with Gasteiger partial charge in [0.25, 0.3) is 0 Å². The van der Waals surface area contributed by atoms with Crippen LogP contribution in [-0.2, 0) is 24.3 Å². The second kappa shape index (κ2) is 7.24. The van der Waals surface area contributed by atoms with Gasteiger partial charge in [0.1, 0.15) is 16.7 Å². The van der Waals surface area contributed by atoms with Gasteiger partial charge in [0.05, 0.1) is 12.7 Å². The molecule has 8 nitrogen and oxygen atoms in total. The van der Waals surface area contributed by atoms with Crippen LogP contribution in [0.5, 0.6) is 5.75 Å². The molecule has 1 aromatic rings. The van der Waals surface area contributed by atoms with E-state index in [0.717, 1.165) is 0 Å². The summed E-state index contributed by atoms with van der Waals surface area (Å²) in [5.41, 5.74) is -0.725. The van der Waals surface area contributed by atoms with Gasteiger partial charge in [-0.2, -0.15) is 0 Å². The number of hydrogen-bond acceptors (Lipinski definition) is 7. The van der Waals surface area contributed by atoms with Crippen LogP contribution in [0.3, 0.4) is 0 Å². The van der Waals surface area contributed by atoms with E-state index < -0.39 is 33.6 Å². The molecule has 1 aromatic carbocycles. The van der Waals surface area contributed by atoms with Crippen molar-refractivity contribution in [2.75, 3.05) is 7.11 Å². The van der Waals surface area contributed by atoms with Gasteiger partial charge >= 0.3 is 11.9 Å². The lowest BCUT2D eigenvalue weighted by Gasteiger charge is -2.21. The van der Waals surface area contributed by atoms with Crippen LogP contribution in [0.2, 0.25) is 0 Å². The quantitative estimate of drug-likeness (QED) is 0.768. The Balaban J connectivity index is 2.31. The summed E-state index contributed by atoms with van der Waals surface area (Å²) in [5.74, 6) is -1.33. The first-order valence-corrected chi connectivity index (χ1v) is 9.55. The lowest BCUT2D eigenvalue weighted by molar-refractivity contribution is -0.147. The van der Waals surface area contributed by atoms with Crippen molar-refractivity contribution in [2.45, 2.75) is 56.8 Å². The topological polar surface area (TPSA) is 108 Å². The zero-order valence-electron chi connectivity index (χ0n) is 15.4. The van der Waals surface area contributed by atoms with E-state index in [1.807, 2.05) is 0 Å². The zero-order chi connectivity index (χ0) is 19.7. The highest BCUT2D eigenvalue weighted by molar-refractivity contribution is 7.89. The standard InChI is InChI=1S/C17H23NO7S/c1-10-8-13(16(20)24-10)25-15(19)11-6-7-12(23-5)14(9-11)26(21,22)18-17(2,3)4/h6-7,9-10,13,18H,8H2,1-5H3. The van der Waals surface area contributed by atoms with E-state index in [4.69, 9.17) is 14.2 Å². The number of nitrogens with one attached hydrogen (secondary N) is 1. The molecule has 144 valence electrons. The Bertz CT molecular complexity index is 811. The minimum absolute atomic E-state index is 0.00700. The van der Waals surface area contributed by atoms with E-state index in [1.165, 1.54) is 25.3 Å². The van der Waals surface area contributed by atoms with Gasteiger partial charge in [-0.25, -0.2) is 22.7 Å². The van der Waals surface area contributed by atoms with Gasteiger partial charge in [-0.3, -0.25) is 0 Å². The second-order valence-electron chi connectivity index (χ2n) is 7.10. The van der Waals surface area contributed by atoms with Crippen LogP contribution in [0.4, 0.5) is 0 Å². The molecule has 1 saturated heterocycles. The maximum atomic E-state index is 12.6. The molecule has 1 fully saturated rings. The molecule has 2 rings (SSSR count). The van der Waals surface area contributed by atoms with E-state index in [0.29, 0.717) is 0 Å². The Morgan fingerprint density at radius 3 is 2.46 bits per heavy atom. The van der Waals surface area contributed by atoms with E-state index >= 15 is 0 Å². The molecular formula is C17H23NO7S. The minimum Gasteiger partial charge on any atom is -0.495 e. The molecule has 1 aliphatic heterocycles. The average molecular weight is 385 g/mol. The fraction of sp³-hybridized carbons (Fsp3) is 0.529. The van der Waals surface area contributed by atoms with Crippen LogP contribution < -0.4 is 9.46 Å². The Hall–Kier alpha value is -2.13. The van der Waals surface area contributed by atoms with Crippen molar-refractivity contribution in [3.63, 3.8) is 0 Å². The van der Waals surface area contributed by atoms with Gasteiger partial charge in [0.2, 0.25) is 16.1 Å². The molecule has 0 aromatic heterocycles. The SMILES string of the molecule is COc1ccc(C(=O)OC2CC(C)OC2=O)cc1S(=O)(=O)NC(C)(C)C. The molecule has 9 heteroatoms. The van der Waals surface area contributed by atoms with Gasteiger partial charge in [-0.15, -0.1) is 0 Å². The highest BCUT2D eigenvalue weighted by atomic mass is 32.2. The monoisotopic (exact) mass is 385 g/mol. The summed E-state index contributed by atoms with van der Waals surface area (Å²) in [6.45, 7) is 6.79. The molecule has 0 aliphatic carbocycles. The number of carbonyl (C=O) groups excluding carboxylic acids is 2. The zero-order valence-corrected chi connectivity index (χ0v) is 16.2. The third kappa shape index (κ3) is 4.73. The Labute approximate surface area is 152 Å². The smallest absolute Gasteiger partial charge is 0.347 e. The molecule has 1 heterocycles. The molecule has 0 saturated carbocycles. The van der Waals surface area contributed by atoms with Crippen molar-refractivity contribution in [2.24, 2.45) is 0 Å². The third-order valence-corrected chi connectivity index (χ3v) is 5.28. The van der Waals surface area contributed by atoms with Crippen LogP contribution in [-0.4, -0.2) is 45.2 Å². The van der Waals surface area contributed by atoms with Crippen molar-refractivity contribution in [3.8, 4) is 5.75 Å². The van der Waals surface area contributed by atoms with Crippen LogP contribution >= 0.6 is 0 Å². The van der Waals surface area contributed by atoms with Crippen molar-refractivity contribution in [1.82, 2.24) is 4.72 Å². The predicted molar refractivity (Wildman–Crippen MR) is 92.4 cm³/mol. The van der Waals surface area contributed by atoms with Crippen LogP contribution in [0, 0.1) is 0 Å².